The van der Waals surface area contributed by atoms with Crippen LogP contribution in [-0.2, 0) is 12.8 Å². The van der Waals surface area contributed by atoms with E-state index in [1.54, 1.807) is 0 Å². The minimum Gasteiger partial charge on any atom is -0.224 e. The number of hydrogen-bond donors (Lipinski definition) is 0. The van der Waals surface area contributed by atoms with E-state index < -0.39 is 0 Å². The van der Waals surface area contributed by atoms with Crippen molar-refractivity contribution in [2.45, 2.75) is 46.5 Å². The smallest absolute Gasteiger partial charge is 0.216 e. The maximum Gasteiger partial charge on any atom is 0.216 e. The van der Waals surface area contributed by atoms with E-state index in [4.69, 9.17) is 0 Å². The zero-order valence-corrected chi connectivity index (χ0v) is 12.0. The van der Waals surface area contributed by atoms with Gasteiger partial charge in [-0.1, -0.05) is 51.5 Å². The first-order valence-electron chi connectivity index (χ1n) is 7.19. The second kappa shape index (κ2) is 6.14. The van der Waals surface area contributed by atoms with Gasteiger partial charge < -0.3 is 0 Å². The largest absolute Gasteiger partial charge is 0.224 e. The Bertz CT molecular complexity index is 560. The molecule has 0 radical (unpaired) electrons. The summed E-state index contributed by atoms with van der Waals surface area (Å²) in [5.74, 6) is 0.208. The van der Waals surface area contributed by atoms with Crippen LogP contribution in [0, 0.1) is 11.9 Å². The van der Waals surface area contributed by atoms with Gasteiger partial charge in [0.1, 0.15) is 0 Å². The molecule has 1 aromatic carbocycles. The standard InChI is InChI=1S/C17H22FN/c1-4-5-8-15-13-9-6-7-10-14(13)16(11-12(2)3)19-17(15)18/h6-7,9-10,12H,4-5,8,11H2,1-3H3. The Kier molecular flexibility index (Phi) is 4.52. The zero-order chi connectivity index (χ0) is 13.8. The first-order valence-corrected chi connectivity index (χ1v) is 7.19. The highest BCUT2D eigenvalue weighted by Gasteiger charge is 2.13. The Hall–Kier alpha value is -1.44. The van der Waals surface area contributed by atoms with E-state index in [1.807, 2.05) is 18.2 Å². The van der Waals surface area contributed by atoms with Crippen molar-refractivity contribution in [1.29, 1.82) is 0 Å². The van der Waals surface area contributed by atoms with Gasteiger partial charge in [-0.2, -0.15) is 4.39 Å². The maximum absolute atomic E-state index is 14.2. The highest BCUT2D eigenvalue weighted by Crippen LogP contribution is 2.26. The molecule has 0 fully saturated rings. The van der Waals surface area contributed by atoms with Crippen molar-refractivity contribution < 1.29 is 4.39 Å². The van der Waals surface area contributed by atoms with E-state index in [1.165, 1.54) is 0 Å². The SMILES string of the molecule is CCCCc1c(F)nc(CC(C)C)c2ccccc12. The minimum absolute atomic E-state index is 0.275. The van der Waals surface area contributed by atoms with Gasteiger partial charge in [0.15, 0.2) is 0 Å². The van der Waals surface area contributed by atoms with E-state index in [-0.39, 0.29) is 5.95 Å². The van der Waals surface area contributed by atoms with E-state index in [2.05, 4.69) is 31.8 Å². The van der Waals surface area contributed by atoms with E-state index in [0.717, 1.165) is 47.7 Å². The highest BCUT2D eigenvalue weighted by molar-refractivity contribution is 5.87. The van der Waals surface area contributed by atoms with Crippen molar-refractivity contribution >= 4 is 10.8 Å². The molecule has 1 aromatic heterocycles. The first-order chi connectivity index (χ1) is 9.13. The van der Waals surface area contributed by atoms with E-state index >= 15 is 0 Å². The number of aryl methyl sites for hydroxylation is 1. The summed E-state index contributed by atoms with van der Waals surface area (Å²) in [6.45, 7) is 6.40. The molecule has 19 heavy (non-hydrogen) atoms. The molecule has 1 heterocycles. The Balaban J connectivity index is 2.56. The fourth-order valence-electron chi connectivity index (χ4n) is 2.49. The third kappa shape index (κ3) is 3.12. The Morgan fingerprint density at radius 2 is 1.84 bits per heavy atom. The van der Waals surface area contributed by atoms with Gasteiger partial charge in [-0.3, -0.25) is 0 Å². The van der Waals surface area contributed by atoms with Crippen molar-refractivity contribution in [2.24, 2.45) is 5.92 Å². The molecule has 102 valence electrons. The predicted molar refractivity (Wildman–Crippen MR) is 78.9 cm³/mol. The number of halogens is 1. The molecule has 0 saturated heterocycles. The number of pyridine rings is 1. The lowest BCUT2D eigenvalue weighted by Crippen LogP contribution is -2.04. The number of hydrogen-bond acceptors (Lipinski definition) is 1. The van der Waals surface area contributed by atoms with Gasteiger partial charge in [0.2, 0.25) is 5.95 Å². The maximum atomic E-state index is 14.2. The molecule has 0 amide bonds. The second-order valence-corrected chi connectivity index (χ2v) is 5.57. The van der Waals surface area contributed by atoms with Gasteiger partial charge >= 0.3 is 0 Å². The number of unbranched alkanes of at least 4 members (excludes halogenated alkanes) is 1. The number of aromatic nitrogens is 1. The molecule has 2 rings (SSSR count). The van der Waals surface area contributed by atoms with Gasteiger partial charge in [0.25, 0.3) is 0 Å². The molecule has 2 heteroatoms. The van der Waals surface area contributed by atoms with Crippen molar-refractivity contribution in [2.75, 3.05) is 0 Å². The molecule has 0 bridgehead atoms. The molecule has 1 nitrogen and oxygen atoms in total. The summed E-state index contributed by atoms with van der Waals surface area (Å²) in [5, 5.41) is 2.16. The average molecular weight is 259 g/mol. The van der Waals surface area contributed by atoms with Crippen LogP contribution in [0.15, 0.2) is 24.3 Å². The lowest BCUT2D eigenvalue weighted by Gasteiger charge is -2.13. The molecule has 0 aliphatic heterocycles. The summed E-state index contributed by atoms with van der Waals surface area (Å²) in [5.41, 5.74) is 1.67. The van der Waals surface area contributed by atoms with Crippen molar-refractivity contribution in [3.8, 4) is 0 Å². The number of nitrogens with zero attached hydrogens (tertiary/aromatic N) is 1. The van der Waals surface area contributed by atoms with Crippen LogP contribution in [0.5, 0.6) is 0 Å². The van der Waals surface area contributed by atoms with Crippen molar-refractivity contribution in [3.63, 3.8) is 0 Å². The number of rotatable bonds is 5. The summed E-state index contributed by atoms with van der Waals surface area (Å²) in [6, 6.07) is 8.08. The lowest BCUT2D eigenvalue weighted by molar-refractivity contribution is 0.549. The Morgan fingerprint density at radius 1 is 1.16 bits per heavy atom. The van der Waals surface area contributed by atoms with Gasteiger partial charge in [-0.05, 0) is 30.6 Å². The topological polar surface area (TPSA) is 12.9 Å². The molecule has 2 aromatic rings. The Labute approximate surface area is 114 Å². The lowest BCUT2D eigenvalue weighted by atomic mass is 9.97. The third-order valence-corrected chi connectivity index (χ3v) is 3.43. The fourth-order valence-corrected chi connectivity index (χ4v) is 2.49. The van der Waals surface area contributed by atoms with Crippen LogP contribution < -0.4 is 0 Å². The molecule has 0 aliphatic carbocycles. The van der Waals surface area contributed by atoms with Crippen molar-refractivity contribution in [3.05, 3.63) is 41.5 Å². The van der Waals surface area contributed by atoms with E-state index in [9.17, 15) is 4.39 Å². The summed E-state index contributed by atoms with van der Waals surface area (Å²) in [7, 11) is 0. The molecular weight excluding hydrogens is 237 g/mol. The Morgan fingerprint density at radius 3 is 2.47 bits per heavy atom. The summed E-state index contributed by atoms with van der Waals surface area (Å²) < 4.78 is 14.2. The van der Waals surface area contributed by atoms with Gasteiger partial charge in [0, 0.05) is 10.9 Å². The number of fused-ring (bicyclic) bond motifs is 1. The summed E-state index contributed by atoms with van der Waals surface area (Å²) >= 11 is 0. The van der Waals surface area contributed by atoms with Crippen LogP contribution >= 0.6 is 0 Å². The minimum atomic E-state index is -0.275. The molecule has 0 unspecified atom stereocenters. The third-order valence-electron chi connectivity index (χ3n) is 3.43. The van der Waals surface area contributed by atoms with E-state index in [0.29, 0.717) is 5.92 Å². The van der Waals surface area contributed by atoms with Crippen LogP contribution in [-0.4, -0.2) is 4.98 Å². The predicted octanol–water partition coefficient (Wildman–Crippen LogP) is 4.92. The highest BCUT2D eigenvalue weighted by atomic mass is 19.1. The van der Waals surface area contributed by atoms with Crippen LogP contribution in [0.4, 0.5) is 4.39 Å². The quantitative estimate of drug-likeness (QED) is 0.695. The van der Waals surface area contributed by atoms with Crippen LogP contribution in [0.3, 0.4) is 0 Å². The second-order valence-electron chi connectivity index (χ2n) is 5.57. The van der Waals surface area contributed by atoms with Gasteiger partial charge in [-0.15, -0.1) is 0 Å². The van der Waals surface area contributed by atoms with Gasteiger partial charge in [0.05, 0.1) is 5.69 Å². The van der Waals surface area contributed by atoms with Gasteiger partial charge in [-0.25, -0.2) is 4.98 Å². The fraction of sp³-hybridized carbons (Fsp3) is 0.471. The summed E-state index contributed by atoms with van der Waals surface area (Å²) in [4.78, 5) is 4.23. The van der Waals surface area contributed by atoms with Crippen LogP contribution in [0.25, 0.3) is 10.8 Å². The summed E-state index contributed by atoms with van der Waals surface area (Å²) in [6.07, 6.45) is 3.68. The molecule has 0 aliphatic rings. The van der Waals surface area contributed by atoms with Crippen molar-refractivity contribution in [1.82, 2.24) is 4.98 Å². The van der Waals surface area contributed by atoms with Crippen LogP contribution in [0.1, 0.15) is 44.9 Å². The zero-order valence-electron chi connectivity index (χ0n) is 12.0. The normalized spacial score (nSPS) is 11.4. The number of benzene rings is 1. The monoisotopic (exact) mass is 259 g/mol. The van der Waals surface area contributed by atoms with Crippen LogP contribution in [0.2, 0.25) is 0 Å². The molecule has 0 N–H and O–H groups in total. The first kappa shape index (κ1) is 14.0. The molecule has 0 saturated carbocycles. The molecule has 0 atom stereocenters. The average Bonchev–Trinajstić information content (AvgIpc) is 2.38. The molecule has 0 spiro atoms. The molecular formula is C17H22FN.